The Kier molecular flexibility index (Phi) is 3.02. The predicted molar refractivity (Wildman–Crippen MR) is 49.6 cm³/mol. The Balaban J connectivity index is 2.77. The van der Waals surface area contributed by atoms with E-state index in [-0.39, 0.29) is 5.38 Å². The molecule has 1 aliphatic carbocycles. The molecular weight excluding hydrogens is 156 g/mol. The molecule has 0 amide bonds. The van der Waals surface area contributed by atoms with E-state index in [2.05, 4.69) is 5.92 Å². The SMILES string of the molecule is C#C/C(C)=C1/CCCCC1Cl. The van der Waals surface area contributed by atoms with E-state index < -0.39 is 0 Å². The highest BCUT2D eigenvalue weighted by Gasteiger charge is 2.17. The first-order valence-corrected chi connectivity index (χ1v) is 4.49. The van der Waals surface area contributed by atoms with Gasteiger partial charge in [-0.25, -0.2) is 0 Å². The molecule has 1 atom stereocenters. The molecule has 1 unspecified atom stereocenters. The molecule has 0 heterocycles. The summed E-state index contributed by atoms with van der Waals surface area (Å²) in [5.74, 6) is 2.66. The lowest BCUT2D eigenvalue weighted by Crippen LogP contribution is -2.10. The molecule has 0 aromatic heterocycles. The van der Waals surface area contributed by atoms with E-state index in [0.717, 1.165) is 18.4 Å². The average Bonchev–Trinajstić information content (AvgIpc) is 2.04. The molecule has 0 saturated heterocycles. The van der Waals surface area contributed by atoms with Crippen LogP contribution in [0.2, 0.25) is 0 Å². The Morgan fingerprint density at radius 3 is 2.91 bits per heavy atom. The number of hydrogen-bond acceptors (Lipinski definition) is 0. The van der Waals surface area contributed by atoms with Gasteiger partial charge >= 0.3 is 0 Å². The van der Waals surface area contributed by atoms with Crippen LogP contribution in [0.1, 0.15) is 32.6 Å². The molecule has 1 aliphatic rings. The van der Waals surface area contributed by atoms with Gasteiger partial charge in [0.1, 0.15) is 0 Å². The first-order chi connectivity index (χ1) is 5.25. The number of halogens is 1. The summed E-state index contributed by atoms with van der Waals surface area (Å²) in [5, 5.41) is 0.208. The van der Waals surface area contributed by atoms with Gasteiger partial charge in [-0.15, -0.1) is 18.0 Å². The second kappa shape index (κ2) is 3.83. The van der Waals surface area contributed by atoms with E-state index >= 15 is 0 Å². The molecule has 1 fully saturated rings. The molecule has 1 rings (SSSR count). The minimum atomic E-state index is 0.208. The lowest BCUT2D eigenvalue weighted by molar-refractivity contribution is 0.601. The topological polar surface area (TPSA) is 0 Å². The van der Waals surface area contributed by atoms with Gasteiger partial charge in [-0.05, 0) is 37.3 Å². The van der Waals surface area contributed by atoms with Gasteiger partial charge in [0, 0.05) is 0 Å². The van der Waals surface area contributed by atoms with Crippen LogP contribution in [-0.2, 0) is 0 Å². The van der Waals surface area contributed by atoms with Crippen LogP contribution in [0.3, 0.4) is 0 Å². The molecule has 0 aliphatic heterocycles. The second-order valence-corrected chi connectivity index (χ2v) is 3.53. The normalized spacial score (nSPS) is 29.4. The van der Waals surface area contributed by atoms with Crippen LogP contribution in [0.15, 0.2) is 11.1 Å². The standard InChI is InChI=1S/C10H13Cl/c1-3-8(2)9-6-4-5-7-10(9)11/h1,10H,4-7H2,2H3/b9-8-. The third kappa shape index (κ3) is 2.01. The molecule has 0 radical (unpaired) electrons. The fourth-order valence-electron chi connectivity index (χ4n) is 1.48. The van der Waals surface area contributed by atoms with Crippen molar-refractivity contribution in [1.82, 2.24) is 0 Å². The molecule has 0 aromatic carbocycles. The smallest absolute Gasteiger partial charge is 0.0557 e. The van der Waals surface area contributed by atoms with E-state index in [1.807, 2.05) is 6.92 Å². The summed E-state index contributed by atoms with van der Waals surface area (Å²) in [7, 11) is 0. The van der Waals surface area contributed by atoms with Gasteiger partial charge in [0.15, 0.2) is 0 Å². The number of alkyl halides is 1. The van der Waals surface area contributed by atoms with E-state index in [1.54, 1.807) is 0 Å². The molecule has 60 valence electrons. The van der Waals surface area contributed by atoms with Gasteiger partial charge in [-0.1, -0.05) is 12.3 Å². The largest absolute Gasteiger partial charge is 0.118 e. The molecule has 1 heteroatoms. The van der Waals surface area contributed by atoms with Crippen LogP contribution in [-0.4, -0.2) is 5.38 Å². The highest BCUT2D eigenvalue weighted by molar-refractivity contribution is 6.22. The van der Waals surface area contributed by atoms with Crippen molar-refractivity contribution in [3.63, 3.8) is 0 Å². The van der Waals surface area contributed by atoms with Gasteiger partial charge in [0.2, 0.25) is 0 Å². The summed E-state index contributed by atoms with van der Waals surface area (Å²) < 4.78 is 0. The quantitative estimate of drug-likeness (QED) is 0.385. The maximum absolute atomic E-state index is 6.10. The fraction of sp³-hybridized carbons (Fsp3) is 0.600. The van der Waals surface area contributed by atoms with Gasteiger partial charge in [-0.3, -0.25) is 0 Å². The molecule has 1 saturated carbocycles. The van der Waals surface area contributed by atoms with Gasteiger partial charge in [-0.2, -0.15) is 0 Å². The Morgan fingerprint density at radius 1 is 1.64 bits per heavy atom. The van der Waals surface area contributed by atoms with Gasteiger partial charge in [0.25, 0.3) is 0 Å². The number of terminal acetylenes is 1. The van der Waals surface area contributed by atoms with E-state index in [1.165, 1.54) is 18.4 Å². The Labute approximate surface area is 73.6 Å². The summed E-state index contributed by atoms with van der Waals surface area (Å²) in [4.78, 5) is 0. The third-order valence-corrected chi connectivity index (χ3v) is 2.71. The van der Waals surface area contributed by atoms with Crippen molar-refractivity contribution in [1.29, 1.82) is 0 Å². The molecule has 0 aromatic rings. The number of allylic oxidation sites excluding steroid dienone is 2. The minimum Gasteiger partial charge on any atom is -0.118 e. The van der Waals surface area contributed by atoms with E-state index in [0.29, 0.717) is 0 Å². The maximum atomic E-state index is 6.10. The van der Waals surface area contributed by atoms with Crippen molar-refractivity contribution in [2.45, 2.75) is 38.0 Å². The summed E-state index contributed by atoms with van der Waals surface area (Å²) in [6.07, 6.45) is 9.99. The summed E-state index contributed by atoms with van der Waals surface area (Å²) in [5.41, 5.74) is 2.34. The van der Waals surface area contributed by atoms with Crippen LogP contribution in [0.5, 0.6) is 0 Å². The zero-order chi connectivity index (χ0) is 8.27. The van der Waals surface area contributed by atoms with Crippen molar-refractivity contribution in [3.8, 4) is 12.3 Å². The second-order valence-electron chi connectivity index (χ2n) is 3.01. The van der Waals surface area contributed by atoms with Crippen LogP contribution in [0, 0.1) is 12.3 Å². The molecule has 0 bridgehead atoms. The van der Waals surface area contributed by atoms with Crippen LogP contribution in [0.4, 0.5) is 0 Å². The van der Waals surface area contributed by atoms with Crippen molar-refractivity contribution < 1.29 is 0 Å². The lowest BCUT2D eigenvalue weighted by Gasteiger charge is -2.20. The Morgan fingerprint density at radius 2 is 2.36 bits per heavy atom. The summed E-state index contributed by atoms with van der Waals surface area (Å²) >= 11 is 6.10. The Bertz CT molecular complexity index is 207. The Hall–Kier alpha value is -0.410. The van der Waals surface area contributed by atoms with E-state index in [4.69, 9.17) is 18.0 Å². The highest BCUT2D eigenvalue weighted by Crippen LogP contribution is 2.29. The predicted octanol–water partition coefficient (Wildman–Crippen LogP) is 3.12. The van der Waals surface area contributed by atoms with Crippen LogP contribution in [0.25, 0.3) is 0 Å². The lowest BCUT2D eigenvalue weighted by atomic mass is 9.91. The highest BCUT2D eigenvalue weighted by atomic mass is 35.5. The fourth-order valence-corrected chi connectivity index (χ4v) is 1.91. The zero-order valence-corrected chi connectivity index (χ0v) is 7.62. The van der Waals surface area contributed by atoms with Crippen molar-refractivity contribution in [2.75, 3.05) is 0 Å². The molecule has 11 heavy (non-hydrogen) atoms. The zero-order valence-electron chi connectivity index (χ0n) is 6.86. The molecule has 0 N–H and O–H groups in total. The first-order valence-electron chi connectivity index (χ1n) is 4.06. The molecule has 0 spiro atoms. The summed E-state index contributed by atoms with van der Waals surface area (Å²) in [6.45, 7) is 1.98. The molecular formula is C10H13Cl. The van der Waals surface area contributed by atoms with Crippen LogP contribution < -0.4 is 0 Å². The number of hydrogen-bond donors (Lipinski definition) is 0. The van der Waals surface area contributed by atoms with Gasteiger partial charge in [0.05, 0.1) is 5.38 Å². The first kappa shape index (κ1) is 8.68. The monoisotopic (exact) mass is 168 g/mol. The van der Waals surface area contributed by atoms with Crippen molar-refractivity contribution in [3.05, 3.63) is 11.1 Å². The molecule has 0 nitrogen and oxygen atoms in total. The van der Waals surface area contributed by atoms with Crippen molar-refractivity contribution >= 4 is 11.6 Å². The van der Waals surface area contributed by atoms with Crippen molar-refractivity contribution in [2.24, 2.45) is 0 Å². The summed E-state index contributed by atoms with van der Waals surface area (Å²) in [6, 6.07) is 0. The van der Waals surface area contributed by atoms with E-state index in [9.17, 15) is 0 Å². The van der Waals surface area contributed by atoms with Gasteiger partial charge < -0.3 is 0 Å². The average molecular weight is 169 g/mol. The number of rotatable bonds is 0. The van der Waals surface area contributed by atoms with Crippen LogP contribution >= 0.6 is 11.6 Å². The third-order valence-electron chi connectivity index (χ3n) is 2.23. The minimum absolute atomic E-state index is 0.208. The maximum Gasteiger partial charge on any atom is 0.0557 e.